The van der Waals surface area contributed by atoms with Crippen LogP contribution in [-0.2, 0) is 5.60 Å². The molecule has 0 spiro atoms. The van der Waals surface area contributed by atoms with Gasteiger partial charge in [-0.25, -0.2) is 4.79 Å². The van der Waals surface area contributed by atoms with Crippen molar-refractivity contribution in [2.75, 3.05) is 0 Å². The van der Waals surface area contributed by atoms with Gasteiger partial charge in [0.15, 0.2) is 0 Å². The first-order valence-electron chi connectivity index (χ1n) is 5.23. The Morgan fingerprint density at radius 2 is 2.06 bits per heavy atom. The van der Waals surface area contributed by atoms with Crippen molar-refractivity contribution in [1.82, 2.24) is 0 Å². The number of furan rings is 1. The smallest absolute Gasteiger partial charge is 0.371 e. The second kappa shape index (κ2) is 4.48. The lowest BCUT2D eigenvalue weighted by Gasteiger charge is -2.21. The number of benzene rings is 1. The van der Waals surface area contributed by atoms with E-state index in [2.05, 4.69) is 0 Å². The zero-order valence-corrected chi connectivity index (χ0v) is 10.3. The average Bonchev–Trinajstić information content (AvgIpc) is 2.79. The SMILES string of the molecule is CC(O)(c1cccc(Cl)c1)c1ccc(C(=O)O)o1. The first-order chi connectivity index (χ1) is 8.41. The van der Waals surface area contributed by atoms with Gasteiger partial charge in [-0.1, -0.05) is 23.7 Å². The lowest BCUT2D eigenvalue weighted by molar-refractivity contribution is 0.0601. The van der Waals surface area contributed by atoms with E-state index in [0.29, 0.717) is 10.6 Å². The zero-order valence-electron chi connectivity index (χ0n) is 9.55. The molecule has 4 nitrogen and oxygen atoms in total. The monoisotopic (exact) mass is 266 g/mol. The number of carboxylic acids is 1. The molecule has 0 bridgehead atoms. The molecule has 0 radical (unpaired) electrons. The van der Waals surface area contributed by atoms with Crippen molar-refractivity contribution in [1.29, 1.82) is 0 Å². The van der Waals surface area contributed by atoms with Gasteiger partial charge in [0.25, 0.3) is 0 Å². The van der Waals surface area contributed by atoms with Gasteiger partial charge in [0.2, 0.25) is 5.76 Å². The van der Waals surface area contributed by atoms with E-state index in [1.54, 1.807) is 24.3 Å². The molecule has 94 valence electrons. The molecule has 0 aliphatic carbocycles. The number of halogens is 1. The summed E-state index contributed by atoms with van der Waals surface area (Å²) in [6.07, 6.45) is 0. The van der Waals surface area contributed by atoms with Crippen LogP contribution in [0, 0.1) is 0 Å². The standard InChI is InChI=1S/C13H11ClO4/c1-13(17,8-3-2-4-9(14)7-8)11-6-5-10(18-11)12(15)16/h2-7,17H,1H3,(H,15,16). The Hall–Kier alpha value is -1.78. The van der Waals surface area contributed by atoms with Crippen LogP contribution >= 0.6 is 11.6 Å². The predicted octanol–water partition coefficient (Wildman–Crippen LogP) is 2.89. The molecule has 0 aliphatic rings. The number of rotatable bonds is 3. The number of hydrogen-bond donors (Lipinski definition) is 2. The Morgan fingerprint density at radius 1 is 1.33 bits per heavy atom. The molecule has 0 saturated heterocycles. The maximum Gasteiger partial charge on any atom is 0.371 e. The number of aliphatic hydroxyl groups is 1. The quantitative estimate of drug-likeness (QED) is 0.896. The Morgan fingerprint density at radius 3 is 2.61 bits per heavy atom. The highest BCUT2D eigenvalue weighted by molar-refractivity contribution is 6.30. The highest BCUT2D eigenvalue weighted by Gasteiger charge is 2.30. The molecule has 2 N–H and O–H groups in total. The molecule has 0 fully saturated rings. The molecule has 0 aliphatic heterocycles. The van der Waals surface area contributed by atoms with E-state index >= 15 is 0 Å². The first-order valence-corrected chi connectivity index (χ1v) is 5.61. The second-order valence-electron chi connectivity index (χ2n) is 4.05. The van der Waals surface area contributed by atoms with Gasteiger partial charge < -0.3 is 14.6 Å². The van der Waals surface area contributed by atoms with Gasteiger partial charge in [-0.05, 0) is 36.8 Å². The molecule has 0 amide bonds. The molecule has 1 aromatic carbocycles. The maximum absolute atomic E-state index is 10.7. The van der Waals surface area contributed by atoms with Gasteiger partial charge in [0.05, 0.1) is 0 Å². The molecule has 1 aromatic heterocycles. The van der Waals surface area contributed by atoms with Crippen LogP contribution in [0.5, 0.6) is 0 Å². The highest BCUT2D eigenvalue weighted by atomic mass is 35.5. The van der Waals surface area contributed by atoms with Gasteiger partial charge in [-0.3, -0.25) is 0 Å². The molecule has 2 rings (SSSR count). The number of aromatic carboxylic acids is 1. The van der Waals surface area contributed by atoms with Crippen LogP contribution < -0.4 is 0 Å². The summed E-state index contributed by atoms with van der Waals surface area (Å²) in [6.45, 7) is 1.52. The summed E-state index contributed by atoms with van der Waals surface area (Å²) in [7, 11) is 0. The van der Waals surface area contributed by atoms with Crippen molar-refractivity contribution < 1.29 is 19.4 Å². The summed E-state index contributed by atoms with van der Waals surface area (Å²) in [5, 5.41) is 19.7. The van der Waals surface area contributed by atoms with Crippen LogP contribution in [0.25, 0.3) is 0 Å². The molecule has 1 unspecified atom stereocenters. The molecule has 1 atom stereocenters. The van der Waals surface area contributed by atoms with Gasteiger partial charge >= 0.3 is 5.97 Å². The van der Waals surface area contributed by atoms with Crippen LogP contribution in [0.15, 0.2) is 40.8 Å². The fourth-order valence-corrected chi connectivity index (χ4v) is 1.84. The van der Waals surface area contributed by atoms with Gasteiger partial charge in [-0.2, -0.15) is 0 Å². The van der Waals surface area contributed by atoms with E-state index in [1.807, 2.05) is 0 Å². The van der Waals surface area contributed by atoms with E-state index in [4.69, 9.17) is 21.1 Å². The summed E-state index contributed by atoms with van der Waals surface area (Å²) in [4.78, 5) is 10.7. The van der Waals surface area contributed by atoms with Crippen LogP contribution in [0.4, 0.5) is 0 Å². The van der Waals surface area contributed by atoms with Crippen LogP contribution in [0.3, 0.4) is 0 Å². The number of carboxylic acid groups (broad SMARTS) is 1. The Labute approximate surface area is 108 Å². The van der Waals surface area contributed by atoms with E-state index in [0.717, 1.165) is 0 Å². The third kappa shape index (κ3) is 2.25. The molecular weight excluding hydrogens is 256 g/mol. The topological polar surface area (TPSA) is 70.7 Å². The summed E-state index contributed by atoms with van der Waals surface area (Å²) in [6, 6.07) is 9.42. The molecule has 2 aromatic rings. The Bertz CT molecular complexity index is 586. The number of carbonyl (C=O) groups is 1. The fourth-order valence-electron chi connectivity index (χ4n) is 1.65. The summed E-state index contributed by atoms with van der Waals surface area (Å²) < 4.78 is 5.11. The van der Waals surface area contributed by atoms with Crippen LogP contribution in [-0.4, -0.2) is 16.2 Å². The van der Waals surface area contributed by atoms with Crippen molar-refractivity contribution in [3.63, 3.8) is 0 Å². The largest absolute Gasteiger partial charge is 0.475 e. The van der Waals surface area contributed by atoms with E-state index in [1.165, 1.54) is 19.1 Å². The fraction of sp³-hybridized carbons (Fsp3) is 0.154. The third-order valence-corrected chi connectivity index (χ3v) is 2.92. The summed E-state index contributed by atoms with van der Waals surface area (Å²) >= 11 is 5.86. The van der Waals surface area contributed by atoms with Gasteiger partial charge in [0, 0.05) is 5.02 Å². The average molecular weight is 267 g/mol. The van der Waals surface area contributed by atoms with Crippen molar-refractivity contribution in [2.45, 2.75) is 12.5 Å². The van der Waals surface area contributed by atoms with Crippen LogP contribution in [0.2, 0.25) is 5.02 Å². The maximum atomic E-state index is 10.7. The van der Waals surface area contributed by atoms with Crippen molar-refractivity contribution >= 4 is 17.6 Å². The minimum atomic E-state index is -1.43. The number of hydrogen-bond acceptors (Lipinski definition) is 3. The molecular formula is C13H11ClO4. The lowest BCUT2D eigenvalue weighted by Crippen LogP contribution is -2.21. The van der Waals surface area contributed by atoms with Crippen molar-refractivity contribution in [2.24, 2.45) is 0 Å². The minimum Gasteiger partial charge on any atom is -0.475 e. The van der Waals surface area contributed by atoms with E-state index in [-0.39, 0.29) is 11.5 Å². The Kier molecular flexibility index (Phi) is 3.15. The normalized spacial score (nSPS) is 14.2. The van der Waals surface area contributed by atoms with Crippen molar-refractivity contribution in [3.05, 3.63) is 58.5 Å². The van der Waals surface area contributed by atoms with Crippen LogP contribution in [0.1, 0.15) is 28.8 Å². The minimum absolute atomic E-state index is 0.155. The predicted molar refractivity (Wildman–Crippen MR) is 65.8 cm³/mol. The zero-order chi connectivity index (χ0) is 13.3. The Balaban J connectivity index is 2.43. The molecule has 1 heterocycles. The van der Waals surface area contributed by atoms with E-state index < -0.39 is 11.6 Å². The summed E-state index contributed by atoms with van der Waals surface area (Å²) in [5.74, 6) is -1.24. The van der Waals surface area contributed by atoms with Gasteiger partial charge in [-0.15, -0.1) is 0 Å². The highest BCUT2D eigenvalue weighted by Crippen LogP contribution is 2.31. The van der Waals surface area contributed by atoms with E-state index in [9.17, 15) is 9.90 Å². The summed E-state index contributed by atoms with van der Waals surface area (Å²) in [5.41, 5.74) is -0.903. The lowest BCUT2D eigenvalue weighted by atomic mass is 9.93. The molecule has 0 saturated carbocycles. The molecule has 5 heteroatoms. The second-order valence-corrected chi connectivity index (χ2v) is 4.49. The first kappa shape index (κ1) is 12.7. The third-order valence-electron chi connectivity index (χ3n) is 2.68. The molecule has 18 heavy (non-hydrogen) atoms. The van der Waals surface area contributed by atoms with Crippen molar-refractivity contribution in [3.8, 4) is 0 Å². The van der Waals surface area contributed by atoms with Gasteiger partial charge in [0.1, 0.15) is 11.4 Å².